The average Bonchev–Trinajstić information content (AvgIpc) is 2.54. The fourth-order valence-corrected chi connectivity index (χ4v) is 2.66. The summed E-state index contributed by atoms with van der Waals surface area (Å²) in [5.74, 6) is 0.889. The molecule has 0 amide bonds. The van der Waals surface area contributed by atoms with Crippen molar-refractivity contribution in [1.82, 2.24) is 0 Å². The number of benzene rings is 2. The quantitative estimate of drug-likeness (QED) is 0.657. The molecule has 2 aromatic rings. The Morgan fingerprint density at radius 1 is 0.810 bits per heavy atom. The molecule has 21 heavy (non-hydrogen) atoms. The molecule has 1 heteroatoms. The highest BCUT2D eigenvalue weighted by Crippen LogP contribution is 2.32. The number of allylic oxidation sites excluding steroid dienone is 2. The molecule has 0 bridgehead atoms. The van der Waals surface area contributed by atoms with E-state index in [4.69, 9.17) is 11.7 Å². The molecule has 0 aromatic heterocycles. The van der Waals surface area contributed by atoms with E-state index in [1.807, 2.05) is 24.3 Å². The normalized spacial score (nSPS) is 12.0. The first kappa shape index (κ1) is 15.4. The van der Waals surface area contributed by atoms with Crippen molar-refractivity contribution in [3.05, 3.63) is 72.1 Å². The van der Waals surface area contributed by atoms with Crippen LogP contribution < -0.4 is 4.74 Å². The van der Waals surface area contributed by atoms with Gasteiger partial charge in [-0.25, -0.2) is 0 Å². The molecule has 108 valence electrons. The van der Waals surface area contributed by atoms with Gasteiger partial charge < -0.3 is 4.74 Å². The Kier molecular flexibility index (Phi) is 5.21. The van der Waals surface area contributed by atoms with Gasteiger partial charge in [-0.15, -0.1) is 0 Å². The Hall–Kier alpha value is -2.02. The van der Waals surface area contributed by atoms with Crippen LogP contribution >= 0.6 is 0 Å². The lowest BCUT2D eigenvalue weighted by Gasteiger charge is -2.14. The van der Waals surface area contributed by atoms with Gasteiger partial charge in [-0.3, -0.25) is 0 Å². The third-order valence-electron chi connectivity index (χ3n) is 3.77. The summed E-state index contributed by atoms with van der Waals surface area (Å²) in [4.78, 5) is 0. The molecule has 0 aliphatic rings. The molecule has 0 spiro atoms. The Morgan fingerprint density at radius 3 is 1.62 bits per heavy atom. The van der Waals surface area contributed by atoms with Gasteiger partial charge in [0.15, 0.2) is 0 Å². The van der Waals surface area contributed by atoms with Crippen LogP contribution in [0.5, 0.6) is 5.75 Å². The van der Waals surface area contributed by atoms with E-state index in [0.29, 0.717) is 0 Å². The SMILES string of the molecule is [CH]c1ccc(/C(CC)=C(\CC)c2ccc(OC)cc2)cc1. The van der Waals surface area contributed by atoms with Gasteiger partial charge in [0.05, 0.1) is 7.11 Å². The molecule has 0 saturated heterocycles. The van der Waals surface area contributed by atoms with Crippen LogP contribution in [-0.2, 0) is 0 Å². The number of hydrogen-bond acceptors (Lipinski definition) is 1. The van der Waals surface area contributed by atoms with Crippen molar-refractivity contribution in [3.8, 4) is 5.75 Å². The van der Waals surface area contributed by atoms with E-state index in [0.717, 1.165) is 24.2 Å². The molecular formula is C20H22O. The number of hydrogen-bond donors (Lipinski definition) is 0. The highest BCUT2D eigenvalue weighted by Gasteiger charge is 2.09. The second-order valence-corrected chi connectivity index (χ2v) is 5.01. The van der Waals surface area contributed by atoms with E-state index in [1.54, 1.807) is 7.11 Å². The summed E-state index contributed by atoms with van der Waals surface area (Å²) >= 11 is 0. The minimum absolute atomic E-state index is 0.802. The van der Waals surface area contributed by atoms with Crippen molar-refractivity contribution in [2.75, 3.05) is 7.11 Å². The molecule has 2 radical (unpaired) electrons. The third-order valence-corrected chi connectivity index (χ3v) is 3.77. The van der Waals surface area contributed by atoms with Crippen molar-refractivity contribution in [1.29, 1.82) is 0 Å². The maximum Gasteiger partial charge on any atom is 0.118 e. The molecule has 0 aliphatic heterocycles. The Bertz CT molecular complexity index is 603. The number of rotatable bonds is 5. The highest BCUT2D eigenvalue weighted by atomic mass is 16.5. The van der Waals surface area contributed by atoms with Crippen LogP contribution in [0, 0.1) is 6.92 Å². The van der Waals surface area contributed by atoms with Gasteiger partial charge in [0.1, 0.15) is 5.75 Å². The van der Waals surface area contributed by atoms with Gasteiger partial charge in [0, 0.05) is 0 Å². The smallest absolute Gasteiger partial charge is 0.118 e. The van der Waals surface area contributed by atoms with Gasteiger partial charge in [0.2, 0.25) is 0 Å². The second-order valence-electron chi connectivity index (χ2n) is 5.01. The van der Waals surface area contributed by atoms with Crippen LogP contribution in [0.3, 0.4) is 0 Å². The number of ether oxygens (including phenoxy) is 1. The van der Waals surface area contributed by atoms with Crippen molar-refractivity contribution in [2.24, 2.45) is 0 Å². The molecule has 0 saturated carbocycles. The summed E-state index contributed by atoms with van der Waals surface area (Å²) in [7, 11) is 1.69. The molecule has 2 rings (SSSR count). The second kappa shape index (κ2) is 7.12. The summed E-state index contributed by atoms with van der Waals surface area (Å²) in [6.45, 7) is 10.2. The van der Waals surface area contributed by atoms with Crippen molar-refractivity contribution >= 4 is 11.1 Å². The molecule has 2 aromatic carbocycles. The summed E-state index contributed by atoms with van der Waals surface area (Å²) in [6, 6.07) is 16.4. The van der Waals surface area contributed by atoms with Crippen LogP contribution in [0.2, 0.25) is 0 Å². The average molecular weight is 278 g/mol. The molecule has 0 unspecified atom stereocenters. The van der Waals surface area contributed by atoms with E-state index >= 15 is 0 Å². The molecule has 0 atom stereocenters. The first-order valence-corrected chi connectivity index (χ1v) is 7.42. The topological polar surface area (TPSA) is 9.23 Å². The van der Waals surface area contributed by atoms with Crippen molar-refractivity contribution in [3.63, 3.8) is 0 Å². The first-order chi connectivity index (χ1) is 10.2. The Balaban J connectivity index is 2.49. The third kappa shape index (κ3) is 3.55. The molecule has 0 N–H and O–H groups in total. The van der Waals surface area contributed by atoms with Gasteiger partial charge in [0.25, 0.3) is 0 Å². The maximum atomic E-state index is 5.79. The first-order valence-electron chi connectivity index (χ1n) is 7.42. The summed E-state index contributed by atoms with van der Waals surface area (Å²) in [6.07, 6.45) is 2.00. The van der Waals surface area contributed by atoms with E-state index in [1.165, 1.54) is 22.3 Å². The predicted octanol–water partition coefficient (Wildman–Crippen LogP) is 5.49. The van der Waals surface area contributed by atoms with Gasteiger partial charge >= 0.3 is 0 Å². The Labute approximate surface area is 128 Å². The van der Waals surface area contributed by atoms with Crippen LogP contribution in [0.15, 0.2) is 48.5 Å². The zero-order chi connectivity index (χ0) is 15.2. The molecule has 0 heterocycles. The molecule has 0 aliphatic carbocycles. The van der Waals surface area contributed by atoms with E-state index in [2.05, 4.69) is 38.1 Å². The zero-order valence-corrected chi connectivity index (χ0v) is 13.0. The van der Waals surface area contributed by atoms with E-state index < -0.39 is 0 Å². The lowest BCUT2D eigenvalue weighted by Crippen LogP contribution is -1.92. The summed E-state index contributed by atoms with van der Waals surface area (Å²) < 4.78 is 5.24. The molecule has 0 fully saturated rings. The monoisotopic (exact) mass is 278 g/mol. The van der Waals surface area contributed by atoms with Crippen LogP contribution in [-0.4, -0.2) is 7.11 Å². The highest BCUT2D eigenvalue weighted by molar-refractivity contribution is 5.90. The minimum atomic E-state index is 0.802. The van der Waals surface area contributed by atoms with Crippen LogP contribution in [0.4, 0.5) is 0 Å². The maximum absolute atomic E-state index is 5.79. The van der Waals surface area contributed by atoms with E-state index in [9.17, 15) is 0 Å². The lowest BCUT2D eigenvalue weighted by atomic mass is 9.91. The fourth-order valence-electron chi connectivity index (χ4n) is 2.66. The number of methoxy groups -OCH3 is 1. The Morgan fingerprint density at radius 2 is 1.24 bits per heavy atom. The fraction of sp³-hybridized carbons (Fsp3) is 0.250. The van der Waals surface area contributed by atoms with Crippen molar-refractivity contribution in [2.45, 2.75) is 26.7 Å². The zero-order valence-electron chi connectivity index (χ0n) is 13.0. The van der Waals surface area contributed by atoms with E-state index in [-0.39, 0.29) is 0 Å². The summed E-state index contributed by atoms with van der Waals surface area (Å²) in [5, 5.41) is 0. The van der Waals surface area contributed by atoms with Crippen LogP contribution in [0.1, 0.15) is 43.4 Å². The largest absolute Gasteiger partial charge is 0.497 e. The van der Waals surface area contributed by atoms with Crippen LogP contribution in [0.25, 0.3) is 11.1 Å². The van der Waals surface area contributed by atoms with Crippen molar-refractivity contribution < 1.29 is 4.74 Å². The lowest BCUT2D eigenvalue weighted by molar-refractivity contribution is 0.415. The van der Waals surface area contributed by atoms with Gasteiger partial charge in [-0.1, -0.05) is 50.2 Å². The standard InChI is InChI=1S/C20H22O/c1-5-19(16-9-7-15(3)8-10-16)20(6-2)17-11-13-18(21-4)14-12-17/h3,7-14H,5-6H2,1-2,4H3/b20-19+. The van der Waals surface area contributed by atoms with Gasteiger partial charge in [-0.05, 0) is 59.7 Å². The summed E-state index contributed by atoms with van der Waals surface area (Å²) in [5.41, 5.74) is 6.07. The predicted molar refractivity (Wildman–Crippen MR) is 90.2 cm³/mol. The minimum Gasteiger partial charge on any atom is -0.497 e. The molecule has 1 nitrogen and oxygen atoms in total. The van der Waals surface area contributed by atoms with Gasteiger partial charge in [-0.2, -0.15) is 0 Å². The molecular weight excluding hydrogens is 256 g/mol.